The van der Waals surface area contributed by atoms with E-state index in [0.29, 0.717) is 17.4 Å². The summed E-state index contributed by atoms with van der Waals surface area (Å²) in [6.45, 7) is 4.27. The van der Waals surface area contributed by atoms with Crippen LogP contribution in [0, 0.1) is 0 Å². The first-order valence-corrected chi connectivity index (χ1v) is 31.7. The summed E-state index contributed by atoms with van der Waals surface area (Å²) in [5.74, 6) is -0.827. The van der Waals surface area contributed by atoms with Gasteiger partial charge in [-0.05, 0) is 51.4 Å². The van der Waals surface area contributed by atoms with Gasteiger partial charge in [-0.1, -0.05) is 262 Å². The van der Waals surface area contributed by atoms with Crippen LogP contribution in [-0.2, 0) is 32.7 Å². The van der Waals surface area contributed by atoms with Gasteiger partial charge in [0.1, 0.15) is 19.8 Å². The highest BCUT2D eigenvalue weighted by Gasteiger charge is 2.22. The van der Waals surface area contributed by atoms with E-state index in [0.717, 1.165) is 57.8 Å². The third-order valence-electron chi connectivity index (χ3n) is 13.4. The van der Waals surface area contributed by atoms with Crippen LogP contribution in [0.3, 0.4) is 0 Å². The Kier molecular flexibility index (Phi) is 51.7. The Bertz CT molecular complexity index is 1300. The normalized spacial score (nSPS) is 13.5. The topological polar surface area (TPSA) is 111 Å². The Morgan fingerprint density at radius 2 is 0.761 bits per heavy atom. The van der Waals surface area contributed by atoms with Crippen LogP contribution in [0.5, 0.6) is 0 Å². The van der Waals surface area contributed by atoms with E-state index in [2.05, 4.69) is 50.3 Å². The van der Waals surface area contributed by atoms with Gasteiger partial charge in [0.25, 0.3) is 7.82 Å². The minimum atomic E-state index is -4.64. The smallest absolute Gasteiger partial charge is 0.306 e. The molecule has 0 saturated heterocycles. The first-order chi connectivity index (χ1) is 34.5. The maximum absolute atomic E-state index is 12.8. The molecule has 2 unspecified atom stereocenters. The van der Waals surface area contributed by atoms with E-state index in [1.54, 1.807) is 0 Å². The van der Waals surface area contributed by atoms with Gasteiger partial charge in [0.05, 0.1) is 27.7 Å². The Morgan fingerprint density at radius 3 is 1.13 bits per heavy atom. The predicted molar refractivity (Wildman–Crippen MR) is 301 cm³/mol. The lowest BCUT2D eigenvalue weighted by Crippen LogP contribution is -2.37. The Morgan fingerprint density at radius 1 is 0.437 bits per heavy atom. The zero-order valence-electron chi connectivity index (χ0n) is 47.4. The molecule has 0 aromatic rings. The van der Waals surface area contributed by atoms with Crippen LogP contribution < -0.4 is 4.89 Å². The fraction of sp³-hybridized carbons (Fsp3) is 0.869. The summed E-state index contributed by atoms with van der Waals surface area (Å²) in [6, 6.07) is 0. The summed E-state index contributed by atoms with van der Waals surface area (Å²) in [4.78, 5) is 37.9. The Hall–Kier alpha value is -1.77. The van der Waals surface area contributed by atoms with Crippen molar-refractivity contribution in [1.82, 2.24) is 0 Å². The van der Waals surface area contributed by atoms with Crippen LogP contribution in [0.25, 0.3) is 0 Å². The maximum atomic E-state index is 12.8. The van der Waals surface area contributed by atoms with E-state index in [4.69, 9.17) is 18.5 Å². The molecular weight excluding hydrogens is 906 g/mol. The van der Waals surface area contributed by atoms with Gasteiger partial charge in [-0.3, -0.25) is 14.2 Å². The number of hydrogen-bond acceptors (Lipinski definition) is 8. The summed E-state index contributed by atoms with van der Waals surface area (Å²) < 4.78 is 34.2. The average molecular weight is 1020 g/mol. The van der Waals surface area contributed by atoms with Crippen LogP contribution in [0.4, 0.5) is 0 Å². The number of carbonyl (C=O) groups excluding carboxylic acids is 2. The zero-order chi connectivity index (χ0) is 52.0. The van der Waals surface area contributed by atoms with Gasteiger partial charge in [0.15, 0.2) is 6.10 Å². The summed E-state index contributed by atoms with van der Waals surface area (Å²) in [6.07, 6.45) is 64.8. The molecule has 0 fully saturated rings. The number of allylic oxidation sites excluding steroid dienone is 6. The number of ether oxygens (including phenoxy) is 2. The standard InChI is InChI=1S/C61H116NO8P/c1-6-8-10-12-14-16-18-20-22-24-26-28-30-32-33-35-37-39-41-43-45-47-49-51-53-60(63)67-57-59(58-69-71(65,66)68-56-55-62(3,4)5)70-61(64)54-52-50-48-46-44-42-40-38-36-34-31-29-27-25-23-21-19-17-15-13-11-9-7-2/h19,21,25,27,31,34,59H,6-18,20,22-24,26,28-30,32-33,35-58H2,1-5H3/b21-19-,27-25-,34-31-. The fourth-order valence-electron chi connectivity index (χ4n) is 8.72. The minimum Gasteiger partial charge on any atom is -0.756 e. The van der Waals surface area contributed by atoms with Gasteiger partial charge in [-0.25, -0.2) is 0 Å². The quantitative estimate of drug-likeness (QED) is 0.0195. The van der Waals surface area contributed by atoms with E-state index >= 15 is 0 Å². The third kappa shape index (κ3) is 57.4. The molecule has 0 saturated carbocycles. The van der Waals surface area contributed by atoms with Crippen molar-refractivity contribution in [2.45, 2.75) is 296 Å². The van der Waals surface area contributed by atoms with Crippen molar-refractivity contribution >= 4 is 19.8 Å². The van der Waals surface area contributed by atoms with Crippen molar-refractivity contribution in [1.29, 1.82) is 0 Å². The molecule has 0 aliphatic heterocycles. The van der Waals surface area contributed by atoms with Crippen molar-refractivity contribution < 1.29 is 42.1 Å². The van der Waals surface area contributed by atoms with Crippen LogP contribution in [0.2, 0.25) is 0 Å². The summed E-state index contributed by atoms with van der Waals surface area (Å²) in [5.41, 5.74) is 0. The van der Waals surface area contributed by atoms with E-state index < -0.39 is 26.5 Å². The lowest BCUT2D eigenvalue weighted by Gasteiger charge is -2.28. The second-order valence-electron chi connectivity index (χ2n) is 21.7. The second-order valence-corrected chi connectivity index (χ2v) is 23.1. The molecule has 0 heterocycles. The molecule has 0 aromatic carbocycles. The molecule has 0 bridgehead atoms. The molecule has 0 aliphatic rings. The first kappa shape index (κ1) is 69.2. The largest absolute Gasteiger partial charge is 0.756 e. The van der Waals surface area contributed by atoms with Gasteiger partial charge in [-0.2, -0.15) is 0 Å². The minimum absolute atomic E-state index is 0.0311. The lowest BCUT2D eigenvalue weighted by atomic mass is 10.0. The zero-order valence-corrected chi connectivity index (χ0v) is 48.3. The number of phosphoric ester groups is 1. The number of rotatable bonds is 56. The summed E-state index contributed by atoms with van der Waals surface area (Å²) in [7, 11) is 1.17. The van der Waals surface area contributed by atoms with Crippen LogP contribution in [0.15, 0.2) is 36.5 Å². The Balaban J connectivity index is 4.14. The molecule has 0 aromatic heterocycles. The van der Waals surface area contributed by atoms with Crippen molar-refractivity contribution in [2.75, 3.05) is 47.5 Å². The summed E-state index contributed by atoms with van der Waals surface area (Å²) in [5, 5.41) is 0. The summed E-state index contributed by atoms with van der Waals surface area (Å²) >= 11 is 0. The van der Waals surface area contributed by atoms with Crippen LogP contribution in [-0.4, -0.2) is 70.0 Å². The van der Waals surface area contributed by atoms with Gasteiger partial charge in [-0.15, -0.1) is 0 Å². The third-order valence-corrected chi connectivity index (χ3v) is 14.4. The number of likely N-dealkylation sites (N-methyl/N-ethyl adjacent to an activating group) is 1. The molecule has 0 radical (unpaired) electrons. The van der Waals surface area contributed by atoms with Crippen molar-refractivity contribution in [3.63, 3.8) is 0 Å². The van der Waals surface area contributed by atoms with Gasteiger partial charge in [0, 0.05) is 12.8 Å². The highest BCUT2D eigenvalue weighted by molar-refractivity contribution is 7.45. The molecule has 0 N–H and O–H groups in total. The Labute approximate surface area is 440 Å². The molecule has 0 amide bonds. The van der Waals surface area contributed by atoms with Gasteiger partial charge >= 0.3 is 11.9 Å². The van der Waals surface area contributed by atoms with E-state index in [9.17, 15) is 19.0 Å². The molecule has 9 nitrogen and oxygen atoms in total. The predicted octanol–water partition coefficient (Wildman–Crippen LogP) is 18.1. The van der Waals surface area contributed by atoms with Gasteiger partial charge < -0.3 is 27.9 Å². The average Bonchev–Trinajstić information content (AvgIpc) is 3.33. The van der Waals surface area contributed by atoms with Gasteiger partial charge in [0.2, 0.25) is 0 Å². The van der Waals surface area contributed by atoms with E-state index in [1.807, 2.05) is 21.1 Å². The van der Waals surface area contributed by atoms with Crippen molar-refractivity contribution in [2.24, 2.45) is 0 Å². The number of hydrogen-bond donors (Lipinski definition) is 0. The highest BCUT2D eigenvalue weighted by Crippen LogP contribution is 2.38. The van der Waals surface area contributed by atoms with Crippen LogP contribution in [0.1, 0.15) is 290 Å². The first-order valence-electron chi connectivity index (χ1n) is 30.2. The number of nitrogens with zero attached hydrogens (tertiary/aromatic N) is 1. The fourth-order valence-corrected chi connectivity index (χ4v) is 9.45. The van der Waals surface area contributed by atoms with Crippen LogP contribution >= 0.6 is 7.82 Å². The molecule has 418 valence electrons. The maximum Gasteiger partial charge on any atom is 0.306 e. The lowest BCUT2D eigenvalue weighted by molar-refractivity contribution is -0.870. The number of carbonyl (C=O) groups is 2. The van der Waals surface area contributed by atoms with Crippen molar-refractivity contribution in [3.8, 4) is 0 Å². The number of quaternary nitrogens is 1. The molecule has 10 heteroatoms. The number of phosphoric acid groups is 1. The van der Waals surface area contributed by atoms with E-state index in [1.165, 1.54) is 199 Å². The molecule has 0 rings (SSSR count). The van der Waals surface area contributed by atoms with E-state index in [-0.39, 0.29) is 32.0 Å². The SMILES string of the molecule is CCCCCCC/C=C\C/C=C\C/C=C\CCCCCCCCCCC(=O)OC(COC(=O)CCCCCCCCCCCCCCCCCCCCCCCCCC)COP(=O)([O-])OCC[N+](C)(C)C. The highest BCUT2D eigenvalue weighted by atomic mass is 31.2. The molecule has 0 aliphatic carbocycles. The molecule has 2 atom stereocenters. The molecule has 71 heavy (non-hydrogen) atoms. The number of esters is 2. The molecular formula is C61H116NO8P. The molecule has 0 spiro atoms. The second kappa shape index (κ2) is 53.1. The number of unbranched alkanes of at least 4 members (excludes halogenated alkanes) is 36. The monoisotopic (exact) mass is 1020 g/mol. The van der Waals surface area contributed by atoms with Crippen molar-refractivity contribution in [3.05, 3.63) is 36.5 Å².